The summed E-state index contributed by atoms with van der Waals surface area (Å²) in [7, 11) is 0. The van der Waals surface area contributed by atoms with E-state index >= 15 is 0 Å². The summed E-state index contributed by atoms with van der Waals surface area (Å²) in [5.41, 5.74) is -0.596. The molecular formula is C14H8F3NO2. The van der Waals surface area contributed by atoms with Gasteiger partial charge in [-0.3, -0.25) is 4.99 Å². The maximum absolute atomic E-state index is 13.4. The summed E-state index contributed by atoms with van der Waals surface area (Å²) in [6.07, 6.45) is 0.825. The van der Waals surface area contributed by atoms with Gasteiger partial charge in [-0.05, 0) is 12.1 Å². The van der Waals surface area contributed by atoms with Crippen LogP contribution >= 0.6 is 0 Å². The number of aromatic carboxylic acids is 1. The molecule has 0 saturated heterocycles. The van der Waals surface area contributed by atoms with Gasteiger partial charge in [0.1, 0.15) is 17.5 Å². The zero-order chi connectivity index (χ0) is 14.7. The Balaban J connectivity index is 2.43. The molecule has 0 amide bonds. The molecule has 20 heavy (non-hydrogen) atoms. The van der Waals surface area contributed by atoms with E-state index in [9.17, 15) is 18.0 Å². The quantitative estimate of drug-likeness (QED) is 0.873. The Morgan fingerprint density at radius 2 is 1.70 bits per heavy atom. The van der Waals surface area contributed by atoms with Crippen molar-refractivity contribution in [2.24, 2.45) is 4.99 Å². The number of nitrogens with zero attached hydrogens (tertiary/aromatic N) is 1. The van der Waals surface area contributed by atoms with Crippen LogP contribution in [0.2, 0.25) is 0 Å². The van der Waals surface area contributed by atoms with E-state index in [1.54, 1.807) is 0 Å². The topological polar surface area (TPSA) is 49.7 Å². The molecule has 0 radical (unpaired) electrons. The summed E-state index contributed by atoms with van der Waals surface area (Å²) in [5.74, 6) is -4.47. The van der Waals surface area contributed by atoms with E-state index < -0.39 is 29.0 Å². The number of carboxylic acids is 1. The highest BCUT2D eigenvalue weighted by atomic mass is 19.1. The van der Waals surface area contributed by atoms with Crippen LogP contribution in [0.3, 0.4) is 0 Å². The molecule has 1 N–H and O–H groups in total. The largest absolute Gasteiger partial charge is 0.478 e. The van der Waals surface area contributed by atoms with Crippen molar-refractivity contribution in [1.29, 1.82) is 0 Å². The lowest BCUT2D eigenvalue weighted by molar-refractivity contribution is 0.0698. The minimum Gasteiger partial charge on any atom is -0.478 e. The SMILES string of the molecule is O=C(O)c1ccccc1N=Cc1c(F)cc(F)cc1F. The first-order valence-electron chi connectivity index (χ1n) is 5.50. The van der Waals surface area contributed by atoms with Crippen molar-refractivity contribution in [2.45, 2.75) is 0 Å². The molecule has 2 rings (SSSR count). The van der Waals surface area contributed by atoms with E-state index in [0.29, 0.717) is 12.1 Å². The van der Waals surface area contributed by atoms with Crippen LogP contribution in [-0.2, 0) is 0 Å². The fraction of sp³-hybridized carbons (Fsp3) is 0. The predicted octanol–water partition coefficient (Wildman–Crippen LogP) is 3.55. The first-order chi connectivity index (χ1) is 9.49. The van der Waals surface area contributed by atoms with Crippen LogP contribution < -0.4 is 0 Å². The van der Waals surface area contributed by atoms with Crippen LogP contribution in [0.5, 0.6) is 0 Å². The Morgan fingerprint density at radius 1 is 1.10 bits per heavy atom. The van der Waals surface area contributed by atoms with E-state index in [1.807, 2.05) is 0 Å². The fourth-order valence-corrected chi connectivity index (χ4v) is 1.58. The van der Waals surface area contributed by atoms with Gasteiger partial charge in [0.05, 0.1) is 16.8 Å². The summed E-state index contributed by atoms with van der Waals surface area (Å²) in [5, 5.41) is 8.94. The van der Waals surface area contributed by atoms with Gasteiger partial charge in [0.25, 0.3) is 0 Å². The Hall–Kier alpha value is -2.63. The molecule has 2 aromatic rings. The highest BCUT2D eigenvalue weighted by Gasteiger charge is 2.11. The minimum atomic E-state index is -1.21. The van der Waals surface area contributed by atoms with Crippen LogP contribution in [-0.4, -0.2) is 17.3 Å². The maximum atomic E-state index is 13.4. The van der Waals surface area contributed by atoms with Gasteiger partial charge in [-0.25, -0.2) is 18.0 Å². The third-order valence-corrected chi connectivity index (χ3v) is 2.51. The Kier molecular flexibility index (Phi) is 3.84. The van der Waals surface area contributed by atoms with E-state index in [-0.39, 0.29) is 11.3 Å². The predicted molar refractivity (Wildman–Crippen MR) is 67.0 cm³/mol. The number of aliphatic imine (C=N–C) groups is 1. The van der Waals surface area contributed by atoms with Gasteiger partial charge >= 0.3 is 5.97 Å². The molecule has 2 aromatic carbocycles. The molecule has 0 atom stereocenters. The summed E-state index contributed by atoms with van der Waals surface area (Å²) < 4.78 is 39.5. The van der Waals surface area contributed by atoms with Gasteiger partial charge in [-0.2, -0.15) is 0 Å². The van der Waals surface area contributed by atoms with Crippen LogP contribution in [0.4, 0.5) is 18.9 Å². The molecule has 0 aliphatic rings. The summed E-state index contributed by atoms with van der Waals surface area (Å²) in [6, 6.07) is 6.78. The van der Waals surface area contributed by atoms with E-state index in [0.717, 1.165) is 6.21 Å². The molecule has 6 heteroatoms. The Morgan fingerprint density at radius 3 is 2.30 bits per heavy atom. The molecule has 0 aromatic heterocycles. The molecule has 0 unspecified atom stereocenters. The Bertz CT molecular complexity index is 676. The van der Waals surface area contributed by atoms with E-state index in [4.69, 9.17) is 5.11 Å². The number of para-hydroxylation sites is 1. The molecule has 0 aliphatic heterocycles. The summed E-state index contributed by atoms with van der Waals surface area (Å²) in [4.78, 5) is 14.7. The molecule has 0 spiro atoms. The minimum absolute atomic E-state index is 0.0446. The monoisotopic (exact) mass is 279 g/mol. The summed E-state index contributed by atoms with van der Waals surface area (Å²) in [6.45, 7) is 0. The smallest absolute Gasteiger partial charge is 0.337 e. The zero-order valence-corrected chi connectivity index (χ0v) is 9.98. The lowest BCUT2D eigenvalue weighted by Crippen LogP contribution is -1.98. The fourth-order valence-electron chi connectivity index (χ4n) is 1.58. The zero-order valence-electron chi connectivity index (χ0n) is 9.98. The maximum Gasteiger partial charge on any atom is 0.337 e. The first kappa shape index (κ1) is 13.8. The third kappa shape index (κ3) is 2.85. The number of rotatable bonds is 3. The van der Waals surface area contributed by atoms with Crippen LogP contribution in [0.15, 0.2) is 41.4 Å². The second kappa shape index (κ2) is 5.56. The average Bonchev–Trinajstić information content (AvgIpc) is 2.37. The molecule has 0 bridgehead atoms. The van der Waals surface area contributed by atoms with E-state index in [1.165, 1.54) is 24.3 Å². The van der Waals surface area contributed by atoms with Gasteiger partial charge in [0.2, 0.25) is 0 Å². The molecule has 102 valence electrons. The summed E-state index contributed by atoms with van der Waals surface area (Å²) >= 11 is 0. The van der Waals surface area contributed by atoms with Crippen molar-refractivity contribution in [2.75, 3.05) is 0 Å². The number of hydrogen-bond donors (Lipinski definition) is 1. The van der Waals surface area contributed by atoms with Crippen molar-refractivity contribution < 1.29 is 23.1 Å². The molecule has 0 fully saturated rings. The first-order valence-corrected chi connectivity index (χ1v) is 5.50. The lowest BCUT2D eigenvalue weighted by atomic mass is 10.1. The van der Waals surface area contributed by atoms with Crippen molar-refractivity contribution in [1.82, 2.24) is 0 Å². The average molecular weight is 279 g/mol. The third-order valence-electron chi connectivity index (χ3n) is 2.51. The number of benzene rings is 2. The van der Waals surface area contributed by atoms with Gasteiger partial charge < -0.3 is 5.11 Å². The second-order valence-corrected chi connectivity index (χ2v) is 3.86. The molecule has 3 nitrogen and oxygen atoms in total. The van der Waals surface area contributed by atoms with E-state index in [2.05, 4.69) is 4.99 Å². The van der Waals surface area contributed by atoms with Crippen LogP contribution in [0.1, 0.15) is 15.9 Å². The van der Waals surface area contributed by atoms with Crippen molar-refractivity contribution in [3.05, 3.63) is 65.0 Å². The number of carbonyl (C=O) groups is 1. The number of halogens is 3. The normalized spacial score (nSPS) is 10.9. The van der Waals surface area contributed by atoms with Gasteiger partial charge in [-0.1, -0.05) is 12.1 Å². The molecular weight excluding hydrogens is 271 g/mol. The van der Waals surface area contributed by atoms with Crippen molar-refractivity contribution in [3.63, 3.8) is 0 Å². The lowest BCUT2D eigenvalue weighted by Gasteiger charge is -2.01. The van der Waals surface area contributed by atoms with Crippen LogP contribution in [0.25, 0.3) is 0 Å². The molecule has 0 aliphatic carbocycles. The van der Waals surface area contributed by atoms with Gasteiger partial charge in [0, 0.05) is 18.3 Å². The molecule has 0 heterocycles. The second-order valence-electron chi connectivity index (χ2n) is 3.86. The van der Waals surface area contributed by atoms with Gasteiger partial charge in [0.15, 0.2) is 0 Å². The standard InChI is InChI=1S/C14H8F3NO2/c15-8-5-11(16)10(12(17)6-8)7-18-13-4-2-1-3-9(13)14(19)20/h1-7H,(H,19,20). The Labute approximate surface area is 112 Å². The molecule has 0 saturated carbocycles. The number of carboxylic acid groups (broad SMARTS) is 1. The van der Waals surface area contributed by atoms with Crippen molar-refractivity contribution in [3.8, 4) is 0 Å². The highest BCUT2D eigenvalue weighted by Crippen LogP contribution is 2.20. The highest BCUT2D eigenvalue weighted by molar-refractivity contribution is 5.95. The van der Waals surface area contributed by atoms with Gasteiger partial charge in [-0.15, -0.1) is 0 Å². The number of hydrogen-bond acceptors (Lipinski definition) is 2. The van der Waals surface area contributed by atoms with Crippen LogP contribution in [0, 0.1) is 17.5 Å². The van der Waals surface area contributed by atoms with Crippen molar-refractivity contribution >= 4 is 17.9 Å².